The maximum atomic E-state index is 11.9. The van der Waals surface area contributed by atoms with Gasteiger partial charge in [0.1, 0.15) is 0 Å². The Balaban J connectivity index is 2.04. The number of nitrogens with two attached hydrogens (primary N) is 2. The lowest BCUT2D eigenvalue weighted by atomic mass is 10.1. The van der Waals surface area contributed by atoms with Gasteiger partial charge in [0.15, 0.2) is 0 Å². The van der Waals surface area contributed by atoms with Gasteiger partial charge in [0.25, 0.3) is 5.91 Å². The topological polar surface area (TPSA) is 94.0 Å². The molecule has 0 aliphatic heterocycles. The molecule has 0 bridgehead atoms. The minimum absolute atomic E-state index is 0.238. The van der Waals surface area contributed by atoms with Crippen LogP contribution in [0, 0.1) is 0 Å². The first kappa shape index (κ1) is 11.9. The third-order valence-electron chi connectivity index (χ3n) is 2.48. The van der Waals surface area contributed by atoms with E-state index in [-0.39, 0.29) is 5.91 Å². The van der Waals surface area contributed by atoms with Gasteiger partial charge in [-0.1, -0.05) is 6.07 Å². The van der Waals surface area contributed by atoms with Gasteiger partial charge < -0.3 is 16.8 Å². The number of pyridine rings is 1. The standard InChI is InChI=1S/C13H14N4O/c14-9-4-5-11(12(15)7-9)13(18)17-8-10-3-1-2-6-16-10/h1-7H,8,14-15H2,(H,17,18). The second-order valence-corrected chi connectivity index (χ2v) is 3.85. The second kappa shape index (κ2) is 5.18. The summed E-state index contributed by atoms with van der Waals surface area (Å²) in [6.07, 6.45) is 1.68. The molecular formula is C13H14N4O. The van der Waals surface area contributed by atoms with Crippen LogP contribution in [0.5, 0.6) is 0 Å². The Morgan fingerprint density at radius 3 is 2.72 bits per heavy atom. The minimum Gasteiger partial charge on any atom is -0.399 e. The molecule has 0 atom stereocenters. The van der Waals surface area contributed by atoms with Crippen LogP contribution in [0.2, 0.25) is 0 Å². The van der Waals surface area contributed by atoms with E-state index in [0.29, 0.717) is 23.5 Å². The van der Waals surface area contributed by atoms with Crippen LogP contribution in [0.3, 0.4) is 0 Å². The first-order chi connectivity index (χ1) is 8.66. The normalized spacial score (nSPS) is 10.0. The predicted molar refractivity (Wildman–Crippen MR) is 70.7 cm³/mol. The number of nitrogens with zero attached hydrogens (tertiary/aromatic N) is 1. The summed E-state index contributed by atoms with van der Waals surface area (Å²) in [5.74, 6) is -0.238. The molecular weight excluding hydrogens is 228 g/mol. The van der Waals surface area contributed by atoms with Crippen LogP contribution in [-0.4, -0.2) is 10.9 Å². The molecule has 5 nitrogen and oxygen atoms in total. The van der Waals surface area contributed by atoms with E-state index < -0.39 is 0 Å². The number of hydrogen-bond donors (Lipinski definition) is 3. The molecule has 0 spiro atoms. The van der Waals surface area contributed by atoms with Gasteiger partial charge in [-0.05, 0) is 30.3 Å². The summed E-state index contributed by atoms with van der Waals surface area (Å²) >= 11 is 0. The summed E-state index contributed by atoms with van der Waals surface area (Å²) in [7, 11) is 0. The van der Waals surface area contributed by atoms with E-state index in [2.05, 4.69) is 10.3 Å². The Labute approximate surface area is 105 Å². The molecule has 5 heteroatoms. The molecule has 1 aromatic heterocycles. The lowest BCUT2D eigenvalue weighted by molar-refractivity contribution is 0.0951. The van der Waals surface area contributed by atoms with Crippen molar-refractivity contribution < 1.29 is 4.79 Å². The average molecular weight is 242 g/mol. The van der Waals surface area contributed by atoms with Gasteiger partial charge in [-0.3, -0.25) is 9.78 Å². The maximum Gasteiger partial charge on any atom is 0.253 e. The molecule has 0 aliphatic rings. The van der Waals surface area contributed by atoms with E-state index in [1.54, 1.807) is 24.4 Å². The highest BCUT2D eigenvalue weighted by Crippen LogP contribution is 2.15. The SMILES string of the molecule is Nc1ccc(C(=O)NCc2ccccn2)c(N)c1. The zero-order chi connectivity index (χ0) is 13.0. The zero-order valence-corrected chi connectivity index (χ0v) is 9.76. The van der Waals surface area contributed by atoms with E-state index in [4.69, 9.17) is 11.5 Å². The highest BCUT2D eigenvalue weighted by atomic mass is 16.1. The summed E-state index contributed by atoms with van der Waals surface area (Å²) < 4.78 is 0. The number of benzene rings is 1. The summed E-state index contributed by atoms with van der Waals surface area (Å²) in [5, 5.41) is 2.75. The summed E-state index contributed by atoms with van der Waals surface area (Å²) in [6, 6.07) is 10.3. The van der Waals surface area contributed by atoms with Crippen molar-refractivity contribution >= 4 is 17.3 Å². The Morgan fingerprint density at radius 2 is 2.06 bits per heavy atom. The molecule has 0 aliphatic carbocycles. The number of hydrogen-bond acceptors (Lipinski definition) is 4. The van der Waals surface area contributed by atoms with Crippen molar-refractivity contribution in [2.45, 2.75) is 6.54 Å². The molecule has 18 heavy (non-hydrogen) atoms. The third-order valence-corrected chi connectivity index (χ3v) is 2.48. The molecule has 0 fully saturated rings. The molecule has 1 heterocycles. The van der Waals surface area contributed by atoms with Gasteiger partial charge in [-0.25, -0.2) is 0 Å². The second-order valence-electron chi connectivity index (χ2n) is 3.85. The van der Waals surface area contributed by atoms with Gasteiger partial charge in [0.2, 0.25) is 0 Å². The molecule has 2 rings (SSSR count). The number of anilines is 2. The molecule has 1 aromatic carbocycles. The summed E-state index contributed by atoms with van der Waals surface area (Å²) in [4.78, 5) is 16.0. The number of rotatable bonds is 3. The van der Waals surface area contributed by atoms with Crippen molar-refractivity contribution in [2.75, 3.05) is 11.5 Å². The molecule has 92 valence electrons. The fourth-order valence-corrected chi connectivity index (χ4v) is 1.56. The smallest absolute Gasteiger partial charge is 0.253 e. The molecule has 0 unspecified atom stereocenters. The van der Waals surface area contributed by atoms with Crippen molar-refractivity contribution in [3.05, 3.63) is 53.9 Å². The molecule has 0 saturated carbocycles. The molecule has 5 N–H and O–H groups in total. The monoisotopic (exact) mass is 242 g/mol. The number of aromatic nitrogens is 1. The quantitative estimate of drug-likeness (QED) is 0.704. The van der Waals surface area contributed by atoms with Gasteiger partial charge >= 0.3 is 0 Å². The Bertz CT molecular complexity index is 554. The van der Waals surface area contributed by atoms with Crippen LogP contribution in [-0.2, 0) is 6.54 Å². The van der Waals surface area contributed by atoms with Crippen LogP contribution in [0.4, 0.5) is 11.4 Å². The average Bonchev–Trinajstić information content (AvgIpc) is 2.37. The molecule has 0 saturated heterocycles. The maximum absolute atomic E-state index is 11.9. The number of nitrogen functional groups attached to an aromatic ring is 2. The van der Waals surface area contributed by atoms with Crippen LogP contribution in [0.15, 0.2) is 42.6 Å². The third kappa shape index (κ3) is 2.76. The zero-order valence-electron chi connectivity index (χ0n) is 9.76. The number of nitrogens with one attached hydrogen (secondary N) is 1. The lowest BCUT2D eigenvalue weighted by Crippen LogP contribution is -2.24. The highest BCUT2D eigenvalue weighted by molar-refractivity contribution is 5.99. The minimum atomic E-state index is -0.238. The number of carbonyl (C=O) groups is 1. The highest BCUT2D eigenvalue weighted by Gasteiger charge is 2.09. The summed E-state index contributed by atoms with van der Waals surface area (Å²) in [5.41, 5.74) is 13.4. The Kier molecular flexibility index (Phi) is 3.43. The van der Waals surface area contributed by atoms with Crippen LogP contribution in [0.25, 0.3) is 0 Å². The molecule has 2 aromatic rings. The first-order valence-corrected chi connectivity index (χ1v) is 5.50. The fourth-order valence-electron chi connectivity index (χ4n) is 1.56. The van der Waals surface area contributed by atoms with Crippen LogP contribution < -0.4 is 16.8 Å². The fraction of sp³-hybridized carbons (Fsp3) is 0.0769. The van der Waals surface area contributed by atoms with Gasteiger partial charge in [0.05, 0.1) is 17.8 Å². The molecule has 1 amide bonds. The number of carbonyl (C=O) groups excluding carboxylic acids is 1. The summed E-state index contributed by atoms with van der Waals surface area (Å²) in [6.45, 7) is 0.365. The Hall–Kier alpha value is -2.56. The van der Waals surface area contributed by atoms with Gasteiger partial charge in [-0.2, -0.15) is 0 Å². The van der Waals surface area contributed by atoms with Crippen molar-refractivity contribution in [3.63, 3.8) is 0 Å². The van der Waals surface area contributed by atoms with Crippen LogP contribution >= 0.6 is 0 Å². The Morgan fingerprint density at radius 1 is 1.22 bits per heavy atom. The van der Waals surface area contributed by atoms with Crippen molar-refractivity contribution in [3.8, 4) is 0 Å². The first-order valence-electron chi connectivity index (χ1n) is 5.50. The van der Waals surface area contributed by atoms with Crippen molar-refractivity contribution in [1.82, 2.24) is 10.3 Å². The van der Waals surface area contributed by atoms with Crippen LogP contribution in [0.1, 0.15) is 16.1 Å². The predicted octanol–water partition coefficient (Wildman–Crippen LogP) is 1.18. The van der Waals surface area contributed by atoms with E-state index >= 15 is 0 Å². The van der Waals surface area contributed by atoms with E-state index in [1.165, 1.54) is 0 Å². The van der Waals surface area contributed by atoms with E-state index in [1.807, 2.05) is 18.2 Å². The van der Waals surface area contributed by atoms with E-state index in [9.17, 15) is 4.79 Å². The van der Waals surface area contributed by atoms with Gasteiger partial charge in [-0.15, -0.1) is 0 Å². The largest absolute Gasteiger partial charge is 0.399 e. The van der Waals surface area contributed by atoms with Crippen molar-refractivity contribution in [2.24, 2.45) is 0 Å². The van der Waals surface area contributed by atoms with Crippen molar-refractivity contribution in [1.29, 1.82) is 0 Å². The van der Waals surface area contributed by atoms with E-state index in [0.717, 1.165) is 5.69 Å². The number of amides is 1. The lowest BCUT2D eigenvalue weighted by Gasteiger charge is -2.07. The molecule has 0 radical (unpaired) electrons. The van der Waals surface area contributed by atoms with Gasteiger partial charge in [0, 0.05) is 17.6 Å².